The molecule has 0 N–H and O–H groups in total. The Morgan fingerprint density at radius 2 is 2.23 bits per heavy atom. The Morgan fingerprint density at radius 3 is 2.85 bits per heavy atom. The molecule has 0 aliphatic carbocycles. The summed E-state index contributed by atoms with van der Waals surface area (Å²) in [6, 6.07) is 5.32. The molecule has 1 aliphatic heterocycles. The van der Waals surface area contributed by atoms with Gasteiger partial charge in [-0.15, -0.1) is 0 Å². The minimum atomic E-state index is -0.138. The molecule has 1 nitrogen and oxygen atoms in total. The molecule has 0 bridgehead atoms. The van der Waals surface area contributed by atoms with Gasteiger partial charge in [0.05, 0.1) is 0 Å². The van der Waals surface area contributed by atoms with Crippen LogP contribution in [0.3, 0.4) is 0 Å². The monoisotopic (exact) mass is 177 g/mol. The van der Waals surface area contributed by atoms with Gasteiger partial charge in [0.2, 0.25) is 0 Å². The zero-order valence-corrected chi connectivity index (χ0v) is 7.68. The topological polar surface area (TPSA) is 12.4 Å². The van der Waals surface area contributed by atoms with Crippen molar-refractivity contribution in [1.82, 2.24) is 0 Å². The number of rotatable bonds is 1. The fourth-order valence-corrected chi connectivity index (χ4v) is 1.61. The van der Waals surface area contributed by atoms with Gasteiger partial charge in [-0.25, -0.2) is 4.39 Å². The Bertz CT molecular complexity index is 355. The molecule has 0 atom stereocenters. The lowest BCUT2D eigenvalue weighted by Crippen LogP contribution is -2.00. The molecular weight excluding hydrogens is 165 g/mol. The van der Waals surface area contributed by atoms with Crippen molar-refractivity contribution in [2.45, 2.75) is 19.8 Å². The summed E-state index contributed by atoms with van der Waals surface area (Å²) in [5, 5.41) is 0. The van der Waals surface area contributed by atoms with E-state index in [1.54, 1.807) is 6.07 Å². The number of aliphatic imine (C=N–C) groups is 1. The summed E-state index contributed by atoms with van der Waals surface area (Å²) >= 11 is 0. The minimum absolute atomic E-state index is 0.138. The first-order chi connectivity index (χ1) is 6.27. The molecule has 2 heteroatoms. The molecule has 1 aliphatic rings. The summed E-state index contributed by atoms with van der Waals surface area (Å²) in [5.74, 6) is -0.138. The lowest BCUT2D eigenvalue weighted by atomic mass is 10.1. The van der Waals surface area contributed by atoms with E-state index in [9.17, 15) is 4.39 Å². The van der Waals surface area contributed by atoms with Crippen molar-refractivity contribution in [2.75, 3.05) is 6.54 Å². The molecule has 0 unspecified atom stereocenters. The number of nitrogens with zero attached hydrogens (tertiary/aromatic N) is 1. The van der Waals surface area contributed by atoms with E-state index in [4.69, 9.17) is 0 Å². The molecule has 0 saturated heterocycles. The Labute approximate surface area is 77.3 Å². The van der Waals surface area contributed by atoms with Gasteiger partial charge in [-0.1, -0.05) is 6.07 Å². The standard InChI is InChI=1S/C11H12FN/c1-8-4-5-9(10(12)7-8)11-3-2-6-13-11/h4-5,7H,2-3,6H2,1H3. The summed E-state index contributed by atoms with van der Waals surface area (Å²) in [6.07, 6.45) is 1.97. The number of benzene rings is 1. The van der Waals surface area contributed by atoms with Gasteiger partial charge in [0, 0.05) is 17.8 Å². The van der Waals surface area contributed by atoms with E-state index in [2.05, 4.69) is 4.99 Å². The number of hydrogen-bond donors (Lipinski definition) is 0. The average molecular weight is 177 g/mol. The summed E-state index contributed by atoms with van der Waals surface area (Å²) in [4.78, 5) is 4.27. The van der Waals surface area contributed by atoms with Gasteiger partial charge in [0.25, 0.3) is 0 Å². The summed E-state index contributed by atoms with van der Waals surface area (Å²) in [6.45, 7) is 2.74. The molecule has 2 rings (SSSR count). The predicted molar refractivity (Wildman–Crippen MR) is 51.8 cm³/mol. The first-order valence-electron chi connectivity index (χ1n) is 4.57. The van der Waals surface area contributed by atoms with Gasteiger partial charge in [-0.2, -0.15) is 0 Å². The molecule has 13 heavy (non-hydrogen) atoms. The summed E-state index contributed by atoms with van der Waals surface area (Å²) < 4.78 is 13.4. The molecule has 1 aromatic carbocycles. The fraction of sp³-hybridized carbons (Fsp3) is 0.364. The van der Waals surface area contributed by atoms with Gasteiger partial charge in [-0.05, 0) is 37.5 Å². The molecule has 0 aromatic heterocycles. The van der Waals surface area contributed by atoms with Crippen LogP contribution in [0.25, 0.3) is 0 Å². The molecule has 0 spiro atoms. The maximum atomic E-state index is 13.4. The largest absolute Gasteiger partial charge is 0.289 e. The molecule has 1 aromatic rings. The second kappa shape index (κ2) is 3.29. The SMILES string of the molecule is Cc1ccc(C2=NCCC2)c(F)c1. The molecule has 68 valence electrons. The van der Waals surface area contributed by atoms with Crippen LogP contribution in [0.5, 0.6) is 0 Å². The maximum absolute atomic E-state index is 13.4. The van der Waals surface area contributed by atoms with Crippen LogP contribution in [-0.2, 0) is 0 Å². The average Bonchev–Trinajstić information content (AvgIpc) is 2.56. The number of halogens is 1. The van der Waals surface area contributed by atoms with Crippen LogP contribution in [0.1, 0.15) is 24.0 Å². The van der Waals surface area contributed by atoms with Crippen molar-refractivity contribution in [3.8, 4) is 0 Å². The first kappa shape index (κ1) is 8.42. The molecule has 1 heterocycles. The zero-order valence-electron chi connectivity index (χ0n) is 7.68. The highest BCUT2D eigenvalue weighted by Gasteiger charge is 2.12. The third kappa shape index (κ3) is 1.62. The molecule has 0 fully saturated rings. The lowest BCUT2D eigenvalue weighted by molar-refractivity contribution is 0.623. The molecule has 0 saturated carbocycles. The van der Waals surface area contributed by atoms with Gasteiger partial charge in [-0.3, -0.25) is 4.99 Å². The highest BCUT2D eigenvalue weighted by atomic mass is 19.1. The Kier molecular flexibility index (Phi) is 2.13. The predicted octanol–water partition coefficient (Wildman–Crippen LogP) is 2.72. The Balaban J connectivity index is 2.40. The smallest absolute Gasteiger partial charge is 0.132 e. The van der Waals surface area contributed by atoms with Crippen LogP contribution >= 0.6 is 0 Å². The van der Waals surface area contributed by atoms with E-state index < -0.39 is 0 Å². The third-order valence-electron chi connectivity index (χ3n) is 2.31. The quantitative estimate of drug-likeness (QED) is 0.625. The van der Waals surface area contributed by atoms with Crippen LogP contribution < -0.4 is 0 Å². The summed E-state index contributed by atoms with van der Waals surface area (Å²) in [5.41, 5.74) is 2.57. The second-order valence-corrected chi connectivity index (χ2v) is 3.42. The van der Waals surface area contributed by atoms with Crippen molar-refractivity contribution >= 4 is 5.71 Å². The maximum Gasteiger partial charge on any atom is 0.132 e. The van der Waals surface area contributed by atoms with Crippen molar-refractivity contribution < 1.29 is 4.39 Å². The van der Waals surface area contributed by atoms with Crippen LogP contribution in [0.2, 0.25) is 0 Å². The van der Waals surface area contributed by atoms with Crippen LogP contribution in [0.4, 0.5) is 4.39 Å². The molecule has 0 radical (unpaired) electrons. The van der Waals surface area contributed by atoms with E-state index in [1.165, 1.54) is 0 Å². The highest BCUT2D eigenvalue weighted by Crippen LogP contribution is 2.17. The number of aryl methyl sites for hydroxylation is 1. The van der Waals surface area contributed by atoms with Crippen LogP contribution in [-0.4, -0.2) is 12.3 Å². The van der Waals surface area contributed by atoms with Gasteiger partial charge < -0.3 is 0 Å². The van der Waals surface area contributed by atoms with Gasteiger partial charge >= 0.3 is 0 Å². The van der Waals surface area contributed by atoms with E-state index in [0.29, 0.717) is 5.56 Å². The normalized spacial score (nSPS) is 16.0. The van der Waals surface area contributed by atoms with E-state index in [1.807, 2.05) is 19.1 Å². The van der Waals surface area contributed by atoms with Crippen molar-refractivity contribution in [2.24, 2.45) is 4.99 Å². The zero-order chi connectivity index (χ0) is 9.26. The second-order valence-electron chi connectivity index (χ2n) is 3.42. The van der Waals surface area contributed by atoms with E-state index in [0.717, 1.165) is 30.7 Å². The van der Waals surface area contributed by atoms with Gasteiger partial charge in [0.15, 0.2) is 0 Å². The highest BCUT2D eigenvalue weighted by molar-refractivity contribution is 6.01. The molecular formula is C11H12FN. The van der Waals surface area contributed by atoms with Gasteiger partial charge in [0.1, 0.15) is 5.82 Å². The minimum Gasteiger partial charge on any atom is -0.289 e. The van der Waals surface area contributed by atoms with Crippen LogP contribution in [0.15, 0.2) is 23.2 Å². The van der Waals surface area contributed by atoms with Crippen molar-refractivity contribution in [1.29, 1.82) is 0 Å². The van der Waals surface area contributed by atoms with Crippen LogP contribution in [0, 0.1) is 12.7 Å². The van der Waals surface area contributed by atoms with E-state index in [-0.39, 0.29) is 5.82 Å². The van der Waals surface area contributed by atoms with Crippen molar-refractivity contribution in [3.05, 3.63) is 35.1 Å². The molecule has 0 amide bonds. The van der Waals surface area contributed by atoms with Crippen molar-refractivity contribution in [3.63, 3.8) is 0 Å². The third-order valence-corrected chi connectivity index (χ3v) is 2.31. The Hall–Kier alpha value is -1.18. The lowest BCUT2D eigenvalue weighted by Gasteiger charge is -2.02. The number of hydrogen-bond acceptors (Lipinski definition) is 1. The van der Waals surface area contributed by atoms with E-state index >= 15 is 0 Å². The first-order valence-corrected chi connectivity index (χ1v) is 4.57. The summed E-state index contributed by atoms with van der Waals surface area (Å²) in [7, 11) is 0. The Morgan fingerprint density at radius 1 is 1.38 bits per heavy atom. The fourth-order valence-electron chi connectivity index (χ4n) is 1.61.